The molecular weight excluding hydrogens is 764 g/mol. The summed E-state index contributed by atoms with van der Waals surface area (Å²) in [4.78, 5) is 105. The van der Waals surface area contributed by atoms with E-state index in [-0.39, 0.29) is 25.2 Å². The highest BCUT2D eigenvalue weighted by atomic mass is 16.4. The van der Waals surface area contributed by atoms with E-state index in [0.717, 1.165) is 42.1 Å². The molecule has 0 spiro atoms. The Labute approximate surface area is 342 Å². The van der Waals surface area contributed by atoms with Gasteiger partial charge in [-0.15, -0.1) is 0 Å². The van der Waals surface area contributed by atoms with Gasteiger partial charge in [-0.3, -0.25) is 33.6 Å². The van der Waals surface area contributed by atoms with Crippen molar-refractivity contribution in [2.75, 3.05) is 19.7 Å². The van der Waals surface area contributed by atoms with Crippen molar-refractivity contribution in [2.24, 2.45) is 0 Å². The number of aliphatic hydroxyl groups excluding tert-OH is 1. The second kappa shape index (κ2) is 24.5. The Kier molecular flexibility index (Phi) is 19.5. The lowest BCUT2D eigenvalue weighted by Crippen LogP contribution is -2.56. The van der Waals surface area contributed by atoms with Gasteiger partial charge in [0.15, 0.2) is 0 Å². The van der Waals surface area contributed by atoms with Crippen LogP contribution in [0.1, 0.15) is 70.4 Å². The summed E-state index contributed by atoms with van der Waals surface area (Å²) < 4.78 is 0. The van der Waals surface area contributed by atoms with E-state index in [2.05, 4.69) is 49.1 Å². The van der Waals surface area contributed by atoms with E-state index < -0.39 is 91.3 Å². The van der Waals surface area contributed by atoms with Gasteiger partial charge in [0, 0.05) is 36.4 Å². The number of unbranched alkanes of at least 4 members (excludes halogenated alkanes) is 4. The van der Waals surface area contributed by atoms with Gasteiger partial charge in [-0.05, 0) is 37.5 Å². The fraction of sp³-hybridized carbons (Fsp3) is 0.463. The van der Waals surface area contributed by atoms with Gasteiger partial charge in [0.2, 0.25) is 41.4 Å². The second-order valence-corrected chi connectivity index (χ2v) is 14.2. The van der Waals surface area contributed by atoms with Crippen LogP contribution >= 0.6 is 0 Å². The summed E-state index contributed by atoms with van der Waals surface area (Å²) >= 11 is 0. The Morgan fingerprint density at radius 2 is 1.20 bits per heavy atom. The first kappa shape index (κ1) is 47.1. The van der Waals surface area contributed by atoms with E-state index in [9.17, 15) is 43.5 Å². The largest absolute Gasteiger partial charge is 0.480 e. The van der Waals surface area contributed by atoms with Crippen LogP contribution < -0.4 is 37.2 Å². The van der Waals surface area contributed by atoms with Crippen molar-refractivity contribution in [2.45, 2.75) is 102 Å². The predicted octanol–water partition coefficient (Wildman–Crippen LogP) is 0.0867. The summed E-state index contributed by atoms with van der Waals surface area (Å²) in [5.74, 6) is -6.21. The monoisotopic (exact) mass is 820 g/mol. The Morgan fingerprint density at radius 1 is 0.610 bits per heavy atom. The van der Waals surface area contributed by atoms with E-state index >= 15 is 0 Å². The number of aliphatic carboxylic acids is 1. The first-order chi connectivity index (χ1) is 28.2. The molecule has 10 N–H and O–H groups in total. The third kappa shape index (κ3) is 16.2. The summed E-state index contributed by atoms with van der Waals surface area (Å²) in [7, 11) is 0. The molecule has 0 unspecified atom stereocenters. The van der Waals surface area contributed by atoms with Crippen molar-refractivity contribution >= 4 is 58.2 Å². The van der Waals surface area contributed by atoms with Crippen LogP contribution in [-0.2, 0) is 51.2 Å². The maximum Gasteiger partial charge on any atom is 0.328 e. The highest BCUT2D eigenvalue weighted by Crippen LogP contribution is 2.19. The topological polar surface area (TPSA) is 277 Å². The standard InChI is InChI=1S/C41H56N8O10/c1-4-5-6-7-11-18-34(51)47-32(20-28-21-42-30-17-13-12-16-29(28)30)40(57)45-25(2)37(54)44-22-35(52)43-23-36(53)48-31(19-27-14-9-8-10-15-27)39(56)46-26(3)38(55)49-33(24-50)41(58)59/h8-10,12-17,21,25-26,31-33,42,50H,4-7,11,18-20,22-24H2,1-3H3,(H,43,52)(H,44,54)(H,45,57)(H,46,56)(H,47,51)(H,48,53)(H,49,55)(H,58,59)/t25-,26-,31-,32-,33-/m0/s1. The molecule has 3 aromatic rings. The van der Waals surface area contributed by atoms with Crippen LogP contribution in [0.25, 0.3) is 10.9 Å². The number of para-hydroxylation sites is 1. The lowest BCUT2D eigenvalue weighted by atomic mass is 10.0. The Morgan fingerprint density at radius 3 is 1.86 bits per heavy atom. The number of rotatable bonds is 25. The number of aromatic nitrogens is 1. The number of carbonyl (C=O) groups excluding carboxylic acids is 7. The first-order valence-corrected chi connectivity index (χ1v) is 19.7. The lowest BCUT2D eigenvalue weighted by Gasteiger charge is -2.22. The van der Waals surface area contributed by atoms with Crippen molar-refractivity contribution in [3.05, 3.63) is 71.9 Å². The van der Waals surface area contributed by atoms with E-state index in [1.165, 1.54) is 13.8 Å². The molecule has 0 aliphatic rings. The zero-order valence-electron chi connectivity index (χ0n) is 33.6. The minimum Gasteiger partial charge on any atom is -0.480 e. The summed E-state index contributed by atoms with van der Waals surface area (Å²) in [5, 5.41) is 36.4. The molecule has 0 saturated carbocycles. The number of carboxylic acids is 1. The maximum absolute atomic E-state index is 13.5. The average Bonchev–Trinajstić information content (AvgIpc) is 3.62. The Bertz CT molecular complexity index is 1900. The van der Waals surface area contributed by atoms with Crippen LogP contribution in [0.2, 0.25) is 0 Å². The molecule has 59 heavy (non-hydrogen) atoms. The van der Waals surface area contributed by atoms with Gasteiger partial charge in [-0.25, -0.2) is 4.79 Å². The number of carboxylic acid groups (broad SMARTS) is 1. The summed E-state index contributed by atoms with van der Waals surface area (Å²) in [6.45, 7) is 2.83. The van der Waals surface area contributed by atoms with Crippen molar-refractivity contribution < 1.29 is 48.6 Å². The molecule has 3 rings (SSSR count). The maximum atomic E-state index is 13.5. The first-order valence-electron chi connectivity index (χ1n) is 19.7. The van der Waals surface area contributed by atoms with E-state index in [0.29, 0.717) is 12.0 Å². The number of hydrogen-bond donors (Lipinski definition) is 10. The molecule has 0 aliphatic heterocycles. The number of benzene rings is 2. The number of carbonyl (C=O) groups is 8. The molecule has 2 aromatic carbocycles. The number of fused-ring (bicyclic) bond motifs is 1. The van der Waals surface area contributed by atoms with Crippen LogP contribution in [0.3, 0.4) is 0 Å². The van der Waals surface area contributed by atoms with Gasteiger partial charge in [0.1, 0.15) is 30.2 Å². The number of aromatic amines is 1. The van der Waals surface area contributed by atoms with Gasteiger partial charge in [0.05, 0.1) is 19.7 Å². The number of nitrogens with one attached hydrogen (secondary N) is 8. The SMILES string of the molecule is CCCCCCCC(=O)N[C@@H](Cc1c[nH]c2ccccc12)C(=O)N[C@@H](C)C(=O)NCC(=O)NCC(=O)N[C@@H](Cc1ccccc1)C(=O)N[C@@H](C)C(=O)N[C@@H](CO)C(=O)O. The summed E-state index contributed by atoms with van der Waals surface area (Å²) in [6, 6.07) is 10.1. The third-order valence-corrected chi connectivity index (χ3v) is 9.36. The molecule has 18 nitrogen and oxygen atoms in total. The zero-order valence-corrected chi connectivity index (χ0v) is 33.6. The van der Waals surface area contributed by atoms with Crippen molar-refractivity contribution in [3.8, 4) is 0 Å². The highest BCUT2D eigenvalue weighted by molar-refractivity contribution is 5.96. The smallest absolute Gasteiger partial charge is 0.328 e. The van der Waals surface area contributed by atoms with Crippen LogP contribution in [0.15, 0.2) is 60.8 Å². The van der Waals surface area contributed by atoms with Gasteiger partial charge < -0.3 is 52.4 Å². The van der Waals surface area contributed by atoms with Gasteiger partial charge >= 0.3 is 5.97 Å². The molecule has 0 saturated heterocycles. The minimum absolute atomic E-state index is 0.000121. The van der Waals surface area contributed by atoms with Crippen LogP contribution in [0, 0.1) is 0 Å². The Balaban J connectivity index is 1.53. The van der Waals surface area contributed by atoms with Crippen molar-refractivity contribution in [1.82, 2.24) is 42.2 Å². The number of H-pyrrole nitrogens is 1. The summed E-state index contributed by atoms with van der Waals surface area (Å²) in [5.41, 5.74) is 2.34. The third-order valence-electron chi connectivity index (χ3n) is 9.36. The molecular formula is C41H56N8O10. The molecule has 18 heteroatoms. The number of aliphatic hydroxyl groups is 1. The van der Waals surface area contributed by atoms with Gasteiger partial charge in [-0.1, -0.05) is 81.1 Å². The van der Waals surface area contributed by atoms with Gasteiger partial charge in [0.25, 0.3) is 0 Å². The second-order valence-electron chi connectivity index (χ2n) is 14.2. The lowest BCUT2D eigenvalue weighted by molar-refractivity contribution is -0.143. The molecule has 1 heterocycles. The van der Waals surface area contributed by atoms with Crippen LogP contribution in [-0.4, -0.2) is 112 Å². The fourth-order valence-corrected chi connectivity index (χ4v) is 5.99. The molecule has 0 fully saturated rings. The molecule has 0 bridgehead atoms. The zero-order chi connectivity index (χ0) is 43.3. The molecule has 5 atom stereocenters. The minimum atomic E-state index is -1.58. The van der Waals surface area contributed by atoms with Crippen LogP contribution in [0.5, 0.6) is 0 Å². The van der Waals surface area contributed by atoms with Crippen molar-refractivity contribution in [3.63, 3.8) is 0 Å². The van der Waals surface area contributed by atoms with E-state index in [1.807, 2.05) is 24.3 Å². The molecule has 1 aromatic heterocycles. The predicted molar refractivity (Wildman–Crippen MR) is 217 cm³/mol. The average molecular weight is 821 g/mol. The number of amides is 7. The molecule has 320 valence electrons. The Hall–Kier alpha value is -6.30. The van der Waals surface area contributed by atoms with Crippen molar-refractivity contribution in [1.29, 1.82) is 0 Å². The quantitative estimate of drug-likeness (QED) is 0.0515. The normalized spacial score (nSPS) is 13.4. The van der Waals surface area contributed by atoms with E-state index in [4.69, 9.17) is 5.11 Å². The fourth-order valence-electron chi connectivity index (χ4n) is 5.99. The summed E-state index contributed by atoms with van der Waals surface area (Å²) in [6.07, 6.45) is 6.95. The highest BCUT2D eigenvalue weighted by Gasteiger charge is 2.28. The van der Waals surface area contributed by atoms with E-state index in [1.54, 1.807) is 36.5 Å². The molecule has 0 radical (unpaired) electrons. The van der Waals surface area contributed by atoms with Crippen LogP contribution in [0.4, 0.5) is 0 Å². The number of hydrogen-bond acceptors (Lipinski definition) is 9. The molecule has 7 amide bonds. The van der Waals surface area contributed by atoms with Gasteiger partial charge in [-0.2, -0.15) is 0 Å². The molecule has 0 aliphatic carbocycles.